The Labute approximate surface area is 178 Å². The monoisotopic (exact) mass is 422 g/mol. The highest BCUT2D eigenvalue weighted by Gasteiger charge is 2.16. The lowest BCUT2D eigenvalue weighted by atomic mass is 9.99. The fraction of sp³-hybridized carbons (Fsp3) is 0.130. The molecule has 0 aliphatic rings. The van der Waals surface area contributed by atoms with Crippen LogP contribution >= 0.6 is 0 Å². The van der Waals surface area contributed by atoms with E-state index in [4.69, 9.17) is 0 Å². The largest absolute Gasteiger partial charge is 0.478 e. The third-order valence-corrected chi connectivity index (χ3v) is 4.31. The molecule has 0 bridgehead atoms. The number of carbonyl (C=O) groups excluding carboxylic acids is 2. The van der Waals surface area contributed by atoms with E-state index in [9.17, 15) is 29.4 Å². The number of aromatic carboxylic acids is 2. The van der Waals surface area contributed by atoms with Gasteiger partial charge in [-0.15, -0.1) is 0 Å². The molecule has 0 unspecified atom stereocenters. The number of amides is 2. The summed E-state index contributed by atoms with van der Waals surface area (Å²) < 4.78 is 0. The van der Waals surface area contributed by atoms with Gasteiger partial charge in [-0.1, -0.05) is 25.3 Å². The Balaban J connectivity index is 2.35. The van der Waals surface area contributed by atoms with E-state index in [2.05, 4.69) is 23.8 Å². The summed E-state index contributed by atoms with van der Waals surface area (Å²) in [6.45, 7) is 10.0. The third-order valence-electron chi connectivity index (χ3n) is 4.31. The number of hydrogen-bond donors (Lipinski definition) is 4. The molecule has 2 aromatic carbocycles. The van der Waals surface area contributed by atoms with E-state index in [1.165, 1.54) is 38.1 Å². The lowest BCUT2D eigenvalue weighted by Crippen LogP contribution is -2.15. The van der Waals surface area contributed by atoms with Crippen molar-refractivity contribution >= 4 is 35.1 Å². The maximum atomic E-state index is 11.8. The number of hydrogen-bond acceptors (Lipinski definition) is 4. The summed E-state index contributed by atoms with van der Waals surface area (Å²) in [5.74, 6) is -3.42. The molecule has 0 aliphatic carbocycles. The van der Waals surface area contributed by atoms with E-state index in [1.807, 2.05) is 0 Å². The predicted molar refractivity (Wildman–Crippen MR) is 116 cm³/mol. The fourth-order valence-corrected chi connectivity index (χ4v) is 2.67. The smallest absolute Gasteiger partial charge is 0.337 e. The summed E-state index contributed by atoms with van der Waals surface area (Å²) in [4.78, 5) is 46.9. The van der Waals surface area contributed by atoms with Gasteiger partial charge in [0.05, 0.1) is 22.5 Å². The summed E-state index contributed by atoms with van der Waals surface area (Å²) in [6.07, 6.45) is 0.240. The Morgan fingerprint density at radius 2 is 1.10 bits per heavy atom. The van der Waals surface area contributed by atoms with Crippen LogP contribution in [0.3, 0.4) is 0 Å². The summed E-state index contributed by atoms with van der Waals surface area (Å²) in [5, 5.41) is 24.0. The van der Waals surface area contributed by atoms with Crippen molar-refractivity contribution in [2.24, 2.45) is 0 Å². The van der Waals surface area contributed by atoms with Crippen LogP contribution in [0.15, 0.2) is 60.7 Å². The van der Waals surface area contributed by atoms with Crippen LogP contribution in [0.1, 0.15) is 45.7 Å². The van der Waals surface area contributed by atoms with E-state index in [0.717, 1.165) is 0 Å². The highest BCUT2D eigenvalue weighted by molar-refractivity contribution is 6.07. The molecule has 0 heterocycles. The molecule has 8 nitrogen and oxygen atoms in total. The molecule has 0 spiro atoms. The highest BCUT2D eigenvalue weighted by atomic mass is 16.4. The summed E-state index contributed by atoms with van der Waals surface area (Å²) in [5.41, 5.74) is 1.73. The maximum Gasteiger partial charge on any atom is 0.337 e. The molecular formula is C23H22N2O6. The van der Waals surface area contributed by atoms with Gasteiger partial charge in [0.1, 0.15) is 0 Å². The molecular weight excluding hydrogens is 400 g/mol. The molecule has 31 heavy (non-hydrogen) atoms. The Bertz CT molecular complexity index is 1030. The van der Waals surface area contributed by atoms with Crippen molar-refractivity contribution in [1.82, 2.24) is 0 Å². The maximum absolute atomic E-state index is 11.8. The molecule has 0 aliphatic heterocycles. The number of carboxylic acid groups (broad SMARTS) is 2. The molecule has 2 rings (SSSR count). The van der Waals surface area contributed by atoms with Gasteiger partial charge in [-0.25, -0.2) is 9.59 Å². The second-order valence-corrected chi connectivity index (χ2v) is 7.02. The van der Waals surface area contributed by atoms with Crippen LogP contribution < -0.4 is 10.6 Å². The van der Waals surface area contributed by atoms with Crippen molar-refractivity contribution in [2.75, 3.05) is 10.6 Å². The molecule has 0 radical (unpaired) electrons. The standard InChI is InChI=1S/C23H22N2O6/c1-12(2)20(26)24-18-7-5-14(10-16(18)22(28)29)9-15-6-8-19(17(11-15)23(30)31)25-21(27)13(3)4/h5-8,10-11H,1,3,9H2,2,4H3,(H,24,26)(H,25,27)(H,28,29)(H,30,31). The van der Waals surface area contributed by atoms with Crippen LogP contribution in [-0.2, 0) is 16.0 Å². The number of anilines is 2. The average molecular weight is 422 g/mol. The van der Waals surface area contributed by atoms with Crippen molar-refractivity contribution in [3.05, 3.63) is 83.0 Å². The van der Waals surface area contributed by atoms with Crippen LogP contribution in [0.25, 0.3) is 0 Å². The first-order valence-corrected chi connectivity index (χ1v) is 9.15. The fourth-order valence-electron chi connectivity index (χ4n) is 2.67. The van der Waals surface area contributed by atoms with E-state index in [0.29, 0.717) is 11.1 Å². The lowest BCUT2D eigenvalue weighted by Gasteiger charge is -2.12. The zero-order valence-corrected chi connectivity index (χ0v) is 17.1. The quantitative estimate of drug-likeness (QED) is 0.480. The topological polar surface area (TPSA) is 133 Å². The first-order chi connectivity index (χ1) is 14.5. The second kappa shape index (κ2) is 9.53. The normalized spacial score (nSPS) is 10.1. The number of nitrogens with one attached hydrogen (secondary N) is 2. The molecule has 2 amide bonds. The molecule has 0 saturated carbocycles. The number of carboxylic acids is 2. The van der Waals surface area contributed by atoms with E-state index in [-0.39, 0.29) is 40.1 Å². The predicted octanol–water partition coefficient (Wildman–Crippen LogP) is 3.70. The summed E-state index contributed by atoms with van der Waals surface area (Å²) in [7, 11) is 0. The first kappa shape index (κ1) is 23.1. The molecule has 8 heteroatoms. The lowest BCUT2D eigenvalue weighted by molar-refractivity contribution is -0.113. The number of rotatable bonds is 8. The Kier molecular flexibility index (Phi) is 7.10. The van der Waals surface area contributed by atoms with E-state index in [1.54, 1.807) is 12.1 Å². The minimum Gasteiger partial charge on any atom is -0.478 e. The van der Waals surface area contributed by atoms with Crippen molar-refractivity contribution in [3.63, 3.8) is 0 Å². The summed E-state index contributed by atoms with van der Waals surface area (Å²) in [6, 6.07) is 9.04. The molecule has 0 aromatic heterocycles. The van der Waals surface area contributed by atoms with E-state index >= 15 is 0 Å². The Morgan fingerprint density at radius 1 is 0.742 bits per heavy atom. The summed E-state index contributed by atoms with van der Waals surface area (Å²) >= 11 is 0. The van der Waals surface area contributed by atoms with Gasteiger partial charge >= 0.3 is 11.9 Å². The average Bonchev–Trinajstić information content (AvgIpc) is 2.69. The van der Waals surface area contributed by atoms with Crippen molar-refractivity contribution < 1.29 is 29.4 Å². The van der Waals surface area contributed by atoms with Gasteiger partial charge in [-0.2, -0.15) is 0 Å². The van der Waals surface area contributed by atoms with Crippen LogP contribution in [0, 0.1) is 0 Å². The van der Waals surface area contributed by atoms with Crippen molar-refractivity contribution in [2.45, 2.75) is 20.3 Å². The van der Waals surface area contributed by atoms with Gasteiger partial charge in [0.15, 0.2) is 0 Å². The minimum atomic E-state index is -1.22. The minimum absolute atomic E-state index is 0.101. The molecule has 0 saturated heterocycles. The van der Waals surface area contributed by atoms with Gasteiger partial charge < -0.3 is 20.8 Å². The molecule has 2 aromatic rings. The second-order valence-electron chi connectivity index (χ2n) is 7.02. The Morgan fingerprint density at radius 3 is 1.39 bits per heavy atom. The van der Waals surface area contributed by atoms with Crippen LogP contribution in [0.4, 0.5) is 11.4 Å². The van der Waals surface area contributed by atoms with E-state index < -0.39 is 23.8 Å². The SMILES string of the molecule is C=C(C)C(=O)Nc1ccc(Cc2ccc(NC(=O)C(=C)C)c(C(=O)O)c2)cc1C(=O)O. The van der Waals surface area contributed by atoms with Gasteiger partial charge in [-0.3, -0.25) is 9.59 Å². The zero-order valence-electron chi connectivity index (χ0n) is 17.1. The first-order valence-electron chi connectivity index (χ1n) is 9.15. The van der Waals surface area contributed by atoms with Crippen LogP contribution in [-0.4, -0.2) is 34.0 Å². The number of carbonyl (C=O) groups is 4. The van der Waals surface area contributed by atoms with Crippen molar-refractivity contribution in [3.8, 4) is 0 Å². The molecule has 0 fully saturated rings. The van der Waals surface area contributed by atoms with Crippen molar-refractivity contribution in [1.29, 1.82) is 0 Å². The van der Waals surface area contributed by atoms with Gasteiger partial charge in [0.25, 0.3) is 11.8 Å². The third kappa shape index (κ3) is 5.89. The van der Waals surface area contributed by atoms with Gasteiger partial charge in [0.2, 0.25) is 0 Å². The van der Waals surface area contributed by atoms with Crippen LogP contribution in [0.2, 0.25) is 0 Å². The Hall–Kier alpha value is -4.20. The van der Waals surface area contributed by atoms with Crippen LogP contribution in [0.5, 0.6) is 0 Å². The highest BCUT2D eigenvalue weighted by Crippen LogP contribution is 2.23. The molecule has 0 atom stereocenters. The van der Waals surface area contributed by atoms with Gasteiger partial charge in [0, 0.05) is 11.1 Å². The molecule has 4 N–H and O–H groups in total. The molecule has 160 valence electrons. The van der Waals surface area contributed by atoms with Gasteiger partial charge in [-0.05, 0) is 55.7 Å². The zero-order chi connectivity index (χ0) is 23.3. The number of benzene rings is 2.